The van der Waals surface area contributed by atoms with Crippen molar-refractivity contribution in [1.82, 2.24) is 9.55 Å². The third-order valence-electron chi connectivity index (χ3n) is 2.37. The van der Waals surface area contributed by atoms with Crippen LogP contribution in [0.5, 0.6) is 0 Å². The second-order valence-corrected chi connectivity index (χ2v) is 3.28. The molecule has 1 amide bonds. The van der Waals surface area contributed by atoms with Crippen molar-refractivity contribution in [1.29, 1.82) is 0 Å². The largest absolute Gasteiger partial charge is 0.453 e. The number of carbonyl (C=O) groups is 1. The molecule has 5 nitrogen and oxygen atoms in total. The Morgan fingerprint density at radius 2 is 2.25 bits per heavy atom. The van der Waals surface area contributed by atoms with E-state index in [-0.39, 0.29) is 0 Å². The zero-order valence-electron chi connectivity index (χ0n) is 9.23. The molecule has 0 unspecified atom stereocenters. The first kappa shape index (κ1) is 10.5. The average molecular weight is 219 g/mol. The number of benzene rings is 1. The van der Waals surface area contributed by atoms with Crippen molar-refractivity contribution >= 4 is 23.1 Å². The molecule has 0 saturated carbocycles. The highest BCUT2D eigenvalue weighted by Crippen LogP contribution is 2.19. The van der Waals surface area contributed by atoms with E-state index in [1.165, 1.54) is 7.11 Å². The Hall–Kier alpha value is -2.04. The van der Waals surface area contributed by atoms with Crippen molar-refractivity contribution in [2.45, 2.75) is 13.5 Å². The Morgan fingerprint density at radius 3 is 2.94 bits per heavy atom. The molecule has 0 aliphatic rings. The molecular formula is C11H13N3O2. The maximum absolute atomic E-state index is 11.1. The van der Waals surface area contributed by atoms with Gasteiger partial charge in [0.15, 0.2) is 0 Å². The predicted octanol–water partition coefficient (Wildman–Crippen LogP) is 2.23. The van der Waals surface area contributed by atoms with Gasteiger partial charge in [-0.25, -0.2) is 9.78 Å². The lowest BCUT2D eigenvalue weighted by Crippen LogP contribution is -2.15. The first-order chi connectivity index (χ1) is 7.76. The minimum Gasteiger partial charge on any atom is -0.453 e. The molecule has 0 radical (unpaired) electrons. The van der Waals surface area contributed by atoms with Crippen LogP contribution in [0.4, 0.5) is 10.7 Å². The van der Waals surface area contributed by atoms with Crippen molar-refractivity contribution in [3.05, 3.63) is 24.3 Å². The minimum absolute atomic E-state index is 0.509. The fraction of sp³-hybridized carbons (Fsp3) is 0.273. The topological polar surface area (TPSA) is 56.2 Å². The summed E-state index contributed by atoms with van der Waals surface area (Å²) in [4.78, 5) is 15.5. The van der Waals surface area contributed by atoms with E-state index < -0.39 is 6.09 Å². The zero-order valence-corrected chi connectivity index (χ0v) is 9.23. The highest BCUT2D eigenvalue weighted by molar-refractivity contribution is 5.86. The fourth-order valence-corrected chi connectivity index (χ4v) is 1.63. The number of para-hydroxylation sites is 2. The minimum atomic E-state index is -0.509. The van der Waals surface area contributed by atoms with E-state index in [1.807, 2.05) is 35.8 Å². The van der Waals surface area contributed by atoms with Crippen LogP contribution in [0, 0.1) is 0 Å². The number of imidazole rings is 1. The number of hydrogen-bond acceptors (Lipinski definition) is 3. The summed E-state index contributed by atoms with van der Waals surface area (Å²) in [7, 11) is 1.33. The summed E-state index contributed by atoms with van der Waals surface area (Å²) in [5.41, 5.74) is 1.85. The molecule has 2 rings (SSSR count). The maximum Gasteiger partial charge on any atom is 0.413 e. The highest BCUT2D eigenvalue weighted by atomic mass is 16.5. The molecule has 0 atom stereocenters. The molecule has 0 aliphatic carbocycles. The van der Waals surface area contributed by atoms with Crippen LogP contribution in [0.2, 0.25) is 0 Å². The monoisotopic (exact) mass is 219 g/mol. The number of hydrogen-bond donors (Lipinski definition) is 1. The van der Waals surface area contributed by atoms with Crippen molar-refractivity contribution in [3.8, 4) is 0 Å². The SMILES string of the molecule is CCn1c(NC(=O)OC)nc2ccccc21. The number of aromatic nitrogens is 2. The van der Waals surface area contributed by atoms with Gasteiger partial charge >= 0.3 is 6.09 Å². The number of anilines is 1. The van der Waals surface area contributed by atoms with Crippen molar-refractivity contribution in [3.63, 3.8) is 0 Å². The summed E-state index contributed by atoms with van der Waals surface area (Å²) in [6.45, 7) is 2.73. The zero-order chi connectivity index (χ0) is 11.5. The fourth-order valence-electron chi connectivity index (χ4n) is 1.63. The third kappa shape index (κ3) is 1.71. The summed E-state index contributed by atoms with van der Waals surface area (Å²) in [6, 6.07) is 7.73. The average Bonchev–Trinajstić information content (AvgIpc) is 2.65. The van der Waals surface area contributed by atoms with E-state index in [1.54, 1.807) is 0 Å². The van der Waals surface area contributed by atoms with Crippen LogP contribution in [-0.4, -0.2) is 22.8 Å². The lowest BCUT2D eigenvalue weighted by molar-refractivity contribution is 0.186. The Bertz CT molecular complexity index is 519. The number of rotatable bonds is 2. The van der Waals surface area contributed by atoms with E-state index in [2.05, 4.69) is 15.0 Å². The van der Waals surface area contributed by atoms with Gasteiger partial charge in [-0.1, -0.05) is 12.1 Å². The number of fused-ring (bicyclic) bond motifs is 1. The van der Waals surface area contributed by atoms with Gasteiger partial charge < -0.3 is 9.30 Å². The van der Waals surface area contributed by atoms with Gasteiger partial charge in [0.25, 0.3) is 0 Å². The van der Waals surface area contributed by atoms with Gasteiger partial charge in [-0.2, -0.15) is 0 Å². The first-order valence-electron chi connectivity index (χ1n) is 5.06. The number of nitrogens with zero attached hydrogens (tertiary/aromatic N) is 2. The van der Waals surface area contributed by atoms with Crippen molar-refractivity contribution in [2.75, 3.05) is 12.4 Å². The van der Waals surface area contributed by atoms with Crippen LogP contribution in [0.25, 0.3) is 11.0 Å². The van der Waals surface area contributed by atoms with Crippen molar-refractivity contribution in [2.24, 2.45) is 0 Å². The summed E-state index contributed by atoms with van der Waals surface area (Å²) < 4.78 is 6.47. The second kappa shape index (κ2) is 4.22. The molecule has 16 heavy (non-hydrogen) atoms. The van der Waals surface area contributed by atoms with Crippen LogP contribution in [-0.2, 0) is 11.3 Å². The molecule has 0 saturated heterocycles. The molecule has 0 aliphatic heterocycles. The summed E-state index contributed by atoms with van der Waals surface area (Å²) in [6.07, 6.45) is -0.509. The van der Waals surface area contributed by atoms with E-state index >= 15 is 0 Å². The predicted molar refractivity (Wildman–Crippen MR) is 61.4 cm³/mol. The molecule has 0 fully saturated rings. The molecule has 1 N–H and O–H groups in total. The Morgan fingerprint density at radius 1 is 1.50 bits per heavy atom. The van der Waals surface area contributed by atoms with Crippen LogP contribution in [0.3, 0.4) is 0 Å². The second-order valence-electron chi connectivity index (χ2n) is 3.28. The van der Waals surface area contributed by atoms with Crippen LogP contribution in [0.15, 0.2) is 24.3 Å². The van der Waals surface area contributed by atoms with E-state index in [9.17, 15) is 4.79 Å². The van der Waals surface area contributed by atoms with E-state index in [0.29, 0.717) is 5.95 Å². The molecule has 0 bridgehead atoms. The Labute approximate surface area is 93.0 Å². The van der Waals surface area contributed by atoms with Gasteiger partial charge in [0.1, 0.15) is 0 Å². The third-order valence-corrected chi connectivity index (χ3v) is 2.37. The number of nitrogens with one attached hydrogen (secondary N) is 1. The molecule has 1 aromatic carbocycles. The van der Waals surface area contributed by atoms with E-state index in [0.717, 1.165) is 17.6 Å². The standard InChI is InChI=1S/C11H13N3O2/c1-3-14-9-7-5-4-6-8(9)12-10(14)13-11(15)16-2/h4-7H,3H2,1-2H3,(H,12,13,15). The van der Waals surface area contributed by atoms with Crippen LogP contribution < -0.4 is 5.32 Å². The van der Waals surface area contributed by atoms with Crippen LogP contribution in [0.1, 0.15) is 6.92 Å². The number of amides is 1. The molecule has 1 heterocycles. The van der Waals surface area contributed by atoms with E-state index in [4.69, 9.17) is 0 Å². The number of ether oxygens (including phenoxy) is 1. The summed E-state index contributed by atoms with van der Waals surface area (Å²) in [5.74, 6) is 0.510. The summed E-state index contributed by atoms with van der Waals surface area (Å²) in [5, 5.41) is 2.59. The van der Waals surface area contributed by atoms with Gasteiger partial charge in [-0.3, -0.25) is 5.32 Å². The number of aryl methyl sites for hydroxylation is 1. The first-order valence-corrected chi connectivity index (χ1v) is 5.06. The Balaban J connectivity index is 2.48. The van der Waals surface area contributed by atoms with Gasteiger partial charge in [-0.15, -0.1) is 0 Å². The molecule has 5 heteroatoms. The lowest BCUT2D eigenvalue weighted by atomic mass is 10.3. The van der Waals surface area contributed by atoms with Gasteiger partial charge in [0.2, 0.25) is 5.95 Å². The summed E-state index contributed by atoms with van der Waals surface area (Å²) >= 11 is 0. The lowest BCUT2D eigenvalue weighted by Gasteiger charge is -2.05. The molecule has 0 spiro atoms. The molecule has 84 valence electrons. The molecular weight excluding hydrogens is 206 g/mol. The quantitative estimate of drug-likeness (QED) is 0.842. The molecule has 1 aromatic heterocycles. The van der Waals surface area contributed by atoms with Gasteiger partial charge in [-0.05, 0) is 19.1 Å². The molecule has 2 aromatic rings. The Kier molecular flexibility index (Phi) is 2.76. The van der Waals surface area contributed by atoms with Gasteiger partial charge in [0.05, 0.1) is 18.1 Å². The number of carbonyl (C=O) groups excluding carboxylic acids is 1. The normalized spacial score (nSPS) is 10.4. The maximum atomic E-state index is 11.1. The highest BCUT2D eigenvalue weighted by Gasteiger charge is 2.11. The van der Waals surface area contributed by atoms with Crippen molar-refractivity contribution < 1.29 is 9.53 Å². The van der Waals surface area contributed by atoms with Gasteiger partial charge in [0, 0.05) is 6.54 Å². The smallest absolute Gasteiger partial charge is 0.413 e. The number of methoxy groups -OCH3 is 1. The van der Waals surface area contributed by atoms with Crippen LogP contribution >= 0.6 is 0 Å².